The lowest BCUT2D eigenvalue weighted by Gasteiger charge is -2.29. The molecule has 0 saturated carbocycles. The Morgan fingerprint density at radius 1 is 1.62 bits per heavy atom. The van der Waals surface area contributed by atoms with E-state index in [9.17, 15) is 4.79 Å². The van der Waals surface area contributed by atoms with E-state index in [1.807, 2.05) is 0 Å². The number of alkyl halides is 1. The number of nitrogens with two attached hydrogens (primary N) is 1. The highest BCUT2D eigenvalue weighted by molar-refractivity contribution is 6.20. The third-order valence-corrected chi connectivity index (χ3v) is 2.20. The minimum atomic E-state index is -1.43. The fraction of sp³-hybridized carbons (Fsp3) is 0.750. The molecule has 0 aliphatic heterocycles. The molecule has 0 radical (unpaired) electrons. The van der Waals surface area contributed by atoms with Gasteiger partial charge in [-0.1, -0.05) is 5.16 Å². The molecule has 0 amide bonds. The summed E-state index contributed by atoms with van der Waals surface area (Å²) in [4.78, 5) is 10.7. The lowest BCUT2D eigenvalue weighted by atomic mass is 10.1. The maximum Gasteiger partial charge on any atom is 0.302 e. The summed E-state index contributed by atoms with van der Waals surface area (Å²) in [5.74, 6) is -1.05. The number of aliphatic hydroxyl groups excluding tert-OH is 1. The van der Waals surface area contributed by atoms with Crippen LogP contribution in [0, 0.1) is 0 Å². The molecule has 16 heavy (non-hydrogen) atoms. The van der Waals surface area contributed by atoms with Crippen LogP contribution in [0.25, 0.3) is 0 Å². The average molecular weight is 255 g/mol. The van der Waals surface area contributed by atoms with Crippen molar-refractivity contribution in [1.82, 2.24) is 0 Å². The van der Waals surface area contributed by atoms with Crippen molar-refractivity contribution in [3.63, 3.8) is 0 Å². The number of ether oxygens (including phenoxy) is 2. The summed E-state index contributed by atoms with van der Waals surface area (Å²) in [6, 6.07) is 0. The third kappa shape index (κ3) is 4.21. The molecule has 0 fully saturated rings. The van der Waals surface area contributed by atoms with Gasteiger partial charge in [0.15, 0.2) is 11.4 Å². The predicted octanol–water partition coefficient (Wildman–Crippen LogP) is -0.718. The molecule has 0 heterocycles. The molecular weight excluding hydrogens is 240 g/mol. The van der Waals surface area contributed by atoms with Crippen molar-refractivity contribution in [3.8, 4) is 0 Å². The fourth-order valence-corrected chi connectivity index (χ4v) is 1.18. The maximum absolute atomic E-state index is 10.7. The van der Waals surface area contributed by atoms with E-state index in [1.54, 1.807) is 0 Å². The van der Waals surface area contributed by atoms with Crippen LogP contribution in [0.15, 0.2) is 5.16 Å². The molecule has 94 valence electrons. The summed E-state index contributed by atoms with van der Waals surface area (Å²) in [7, 11) is 0. The Labute approximate surface area is 97.8 Å². The monoisotopic (exact) mass is 254 g/mol. The molecule has 0 rings (SSSR count). The van der Waals surface area contributed by atoms with Gasteiger partial charge < -0.3 is 25.5 Å². The molecule has 7 nitrogen and oxygen atoms in total. The molecule has 1 unspecified atom stereocenters. The van der Waals surface area contributed by atoms with Crippen LogP contribution >= 0.6 is 11.6 Å². The Hall–Kier alpha value is -1.05. The lowest BCUT2D eigenvalue weighted by Crippen LogP contribution is -2.52. The molecular formula is C8H15ClN2O5. The average Bonchev–Trinajstić information content (AvgIpc) is 2.29. The first kappa shape index (κ1) is 14.9. The lowest BCUT2D eigenvalue weighted by molar-refractivity contribution is -0.147. The van der Waals surface area contributed by atoms with Crippen LogP contribution in [-0.4, -0.2) is 53.4 Å². The van der Waals surface area contributed by atoms with Gasteiger partial charge in [0.1, 0.15) is 6.61 Å². The number of amidine groups is 1. The van der Waals surface area contributed by atoms with Crippen LogP contribution in [0.1, 0.15) is 6.92 Å². The van der Waals surface area contributed by atoms with Gasteiger partial charge in [0.2, 0.25) is 0 Å². The van der Waals surface area contributed by atoms with E-state index in [1.165, 1.54) is 6.92 Å². The van der Waals surface area contributed by atoms with Gasteiger partial charge >= 0.3 is 5.97 Å². The summed E-state index contributed by atoms with van der Waals surface area (Å²) >= 11 is 5.65. The zero-order chi connectivity index (χ0) is 12.6. The second-order valence-corrected chi connectivity index (χ2v) is 3.23. The van der Waals surface area contributed by atoms with E-state index in [4.69, 9.17) is 37.1 Å². The second-order valence-electron chi connectivity index (χ2n) is 2.97. The molecule has 0 aromatic rings. The van der Waals surface area contributed by atoms with Crippen LogP contribution in [-0.2, 0) is 14.3 Å². The van der Waals surface area contributed by atoms with Crippen molar-refractivity contribution < 1.29 is 24.6 Å². The second kappa shape index (κ2) is 7.26. The van der Waals surface area contributed by atoms with E-state index in [0.29, 0.717) is 0 Å². The maximum atomic E-state index is 10.7. The largest absolute Gasteiger partial charge is 0.462 e. The Morgan fingerprint density at radius 2 is 2.25 bits per heavy atom. The van der Waals surface area contributed by atoms with Crippen molar-refractivity contribution in [2.24, 2.45) is 10.9 Å². The zero-order valence-electron chi connectivity index (χ0n) is 8.85. The number of hydrogen-bond acceptors (Lipinski definition) is 6. The summed E-state index contributed by atoms with van der Waals surface area (Å²) in [6.45, 7) is 0.570. The third-order valence-electron chi connectivity index (χ3n) is 1.77. The predicted molar refractivity (Wildman–Crippen MR) is 56.5 cm³/mol. The number of esters is 1. The minimum Gasteiger partial charge on any atom is -0.462 e. The van der Waals surface area contributed by atoms with Crippen LogP contribution in [0.4, 0.5) is 0 Å². The first-order valence-corrected chi connectivity index (χ1v) is 4.98. The molecule has 0 aromatic heterocycles. The van der Waals surface area contributed by atoms with Gasteiger partial charge in [-0.3, -0.25) is 4.79 Å². The topological polar surface area (TPSA) is 114 Å². The smallest absolute Gasteiger partial charge is 0.302 e. The molecule has 0 aromatic carbocycles. The molecule has 0 saturated heterocycles. The van der Waals surface area contributed by atoms with Gasteiger partial charge in [0, 0.05) is 6.92 Å². The highest BCUT2D eigenvalue weighted by Crippen LogP contribution is 2.15. The van der Waals surface area contributed by atoms with Gasteiger partial charge in [-0.05, 0) is 0 Å². The Kier molecular flexibility index (Phi) is 6.78. The minimum absolute atomic E-state index is 0.0792. The number of aliphatic hydroxyl groups is 1. The van der Waals surface area contributed by atoms with Gasteiger partial charge in [-0.2, -0.15) is 0 Å². The van der Waals surface area contributed by atoms with Crippen LogP contribution in [0.3, 0.4) is 0 Å². The van der Waals surface area contributed by atoms with E-state index in [-0.39, 0.29) is 31.5 Å². The van der Waals surface area contributed by atoms with E-state index < -0.39 is 11.6 Å². The zero-order valence-corrected chi connectivity index (χ0v) is 9.61. The quantitative estimate of drug-likeness (QED) is 0.138. The van der Waals surface area contributed by atoms with Gasteiger partial charge in [-0.15, -0.1) is 11.6 Å². The number of rotatable bonds is 7. The fourth-order valence-electron chi connectivity index (χ4n) is 0.886. The summed E-state index contributed by atoms with van der Waals surface area (Å²) in [6.07, 6.45) is 0. The molecule has 1 atom stereocenters. The Balaban J connectivity index is 4.73. The number of nitrogens with zero attached hydrogens (tertiary/aromatic N) is 1. The van der Waals surface area contributed by atoms with E-state index in [0.717, 1.165) is 0 Å². The number of carbonyl (C=O) groups excluding carboxylic acids is 1. The van der Waals surface area contributed by atoms with Crippen molar-refractivity contribution in [3.05, 3.63) is 0 Å². The number of halogens is 1. The number of carbonyl (C=O) groups is 1. The van der Waals surface area contributed by atoms with E-state index >= 15 is 0 Å². The molecule has 8 heteroatoms. The molecule has 0 aliphatic rings. The van der Waals surface area contributed by atoms with Crippen LogP contribution < -0.4 is 5.73 Å². The SMILES string of the molecule is CC(=O)OCC(CCl)(OCCO)C(N)=NO. The van der Waals surface area contributed by atoms with Gasteiger partial charge in [0.25, 0.3) is 0 Å². The molecule has 0 aliphatic carbocycles. The van der Waals surface area contributed by atoms with Crippen molar-refractivity contribution in [2.75, 3.05) is 25.7 Å². The normalized spacial score (nSPS) is 15.6. The highest BCUT2D eigenvalue weighted by Gasteiger charge is 2.37. The highest BCUT2D eigenvalue weighted by atomic mass is 35.5. The van der Waals surface area contributed by atoms with Crippen molar-refractivity contribution in [1.29, 1.82) is 0 Å². The summed E-state index contributed by atoms with van der Waals surface area (Å²) in [5, 5.41) is 20.0. The van der Waals surface area contributed by atoms with Crippen molar-refractivity contribution >= 4 is 23.4 Å². The van der Waals surface area contributed by atoms with Gasteiger partial charge in [0.05, 0.1) is 19.1 Å². The van der Waals surface area contributed by atoms with Crippen LogP contribution in [0.2, 0.25) is 0 Å². The van der Waals surface area contributed by atoms with Crippen LogP contribution in [0.5, 0.6) is 0 Å². The Bertz CT molecular complexity index is 261. The van der Waals surface area contributed by atoms with Crippen molar-refractivity contribution in [2.45, 2.75) is 12.5 Å². The molecule has 0 bridgehead atoms. The standard InChI is InChI=1S/C8H15ClN2O5/c1-6(13)15-5-8(4-9,7(10)11-14)16-3-2-12/h12,14H,2-5H2,1H3,(H2,10,11). The molecule has 4 N–H and O–H groups in total. The first-order chi connectivity index (χ1) is 7.52. The number of hydrogen-bond donors (Lipinski definition) is 3. The van der Waals surface area contributed by atoms with E-state index in [2.05, 4.69) is 5.16 Å². The number of oxime groups is 1. The Morgan fingerprint density at radius 3 is 2.62 bits per heavy atom. The summed E-state index contributed by atoms with van der Waals surface area (Å²) in [5.41, 5.74) is 3.98. The summed E-state index contributed by atoms with van der Waals surface area (Å²) < 4.78 is 9.87. The first-order valence-electron chi connectivity index (χ1n) is 4.44. The van der Waals surface area contributed by atoms with Gasteiger partial charge in [-0.25, -0.2) is 0 Å². The molecule has 0 spiro atoms.